The first-order valence-corrected chi connectivity index (χ1v) is 9.42. The minimum atomic E-state index is -0.697. The van der Waals surface area contributed by atoms with Crippen LogP contribution in [0.25, 0.3) is 0 Å². The molecule has 3 rings (SSSR count). The highest BCUT2D eigenvalue weighted by atomic mass is 16.5. The number of furan rings is 1. The van der Waals surface area contributed by atoms with Gasteiger partial charge in [-0.2, -0.15) is 0 Å². The van der Waals surface area contributed by atoms with Gasteiger partial charge in [-0.15, -0.1) is 0 Å². The first-order valence-electron chi connectivity index (χ1n) is 9.42. The number of hydrogen-bond donors (Lipinski definition) is 1. The third-order valence-electron chi connectivity index (χ3n) is 4.48. The summed E-state index contributed by atoms with van der Waals surface area (Å²) in [6.07, 6.45) is 1.37. The Kier molecular flexibility index (Phi) is 7.12. The fraction of sp³-hybridized carbons (Fsp3) is 0.174. The molecule has 0 bridgehead atoms. The van der Waals surface area contributed by atoms with Gasteiger partial charge in [0, 0.05) is 12.1 Å². The highest BCUT2D eigenvalue weighted by Crippen LogP contribution is 2.34. The summed E-state index contributed by atoms with van der Waals surface area (Å²) in [5.41, 5.74) is 1.27. The van der Waals surface area contributed by atoms with E-state index in [4.69, 9.17) is 18.6 Å². The van der Waals surface area contributed by atoms with Crippen molar-refractivity contribution in [2.75, 3.05) is 26.6 Å². The van der Waals surface area contributed by atoms with Gasteiger partial charge in [-0.05, 0) is 29.8 Å². The van der Waals surface area contributed by atoms with Crippen LogP contribution in [0.15, 0.2) is 59.2 Å². The third kappa shape index (κ3) is 5.07. The average Bonchev–Trinajstić information content (AvgIpc) is 3.37. The number of esters is 2. The maximum Gasteiger partial charge on any atom is 0.340 e. The summed E-state index contributed by atoms with van der Waals surface area (Å²) in [5.74, 6) is -1.02. The molecular weight excluding hydrogens is 418 g/mol. The predicted octanol–water partition coefficient (Wildman–Crippen LogP) is 3.69. The van der Waals surface area contributed by atoms with E-state index >= 15 is 0 Å². The molecule has 3 aromatic rings. The number of carbonyl (C=O) groups is 3. The minimum absolute atomic E-state index is 0.0554. The number of benzene rings is 2. The Labute approximate surface area is 183 Å². The van der Waals surface area contributed by atoms with Crippen molar-refractivity contribution in [1.29, 1.82) is 0 Å². The average molecular weight is 439 g/mol. The monoisotopic (exact) mass is 439 g/mol. The van der Waals surface area contributed by atoms with Crippen molar-refractivity contribution in [2.24, 2.45) is 0 Å². The van der Waals surface area contributed by atoms with Crippen LogP contribution in [0.3, 0.4) is 0 Å². The number of methoxy groups -OCH3 is 3. The fourth-order valence-corrected chi connectivity index (χ4v) is 2.82. The van der Waals surface area contributed by atoms with Gasteiger partial charge in [0.1, 0.15) is 6.61 Å². The lowest BCUT2D eigenvalue weighted by Gasteiger charge is -2.15. The van der Waals surface area contributed by atoms with Crippen LogP contribution in [-0.2, 0) is 16.1 Å². The van der Waals surface area contributed by atoms with Crippen LogP contribution in [0.1, 0.15) is 36.8 Å². The lowest BCUT2D eigenvalue weighted by atomic mass is 10.1. The van der Waals surface area contributed by atoms with Gasteiger partial charge in [0.2, 0.25) is 0 Å². The van der Waals surface area contributed by atoms with E-state index in [-0.39, 0.29) is 29.4 Å². The SMILES string of the molecule is COC(=O)c1ccc(COC(=O)c2cc(OC)c(OC)cc2NC(=O)c2ccco2)cc1. The van der Waals surface area contributed by atoms with Gasteiger partial charge in [-0.3, -0.25) is 4.79 Å². The molecule has 0 fully saturated rings. The number of hydrogen-bond acceptors (Lipinski definition) is 8. The topological polar surface area (TPSA) is 113 Å². The fourth-order valence-electron chi connectivity index (χ4n) is 2.82. The number of nitrogens with one attached hydrogen (secondary N) is 1. The summed E-state index contributed by atoms with van der Waals surface area (Å²) < 4.78 is 25.7. The van der Waals surface area contributed by atoms with E-state index in [0.717, 1.165) is 0 Å². The van der Waals surface area contributed by atoms with E-state index < -0.39 is 17.8 Å². The zero-order valence-electron chi connectivity index (χ0n) is 17.7. The van der Waals surface area contributed by atoms with Crippen molar-refractivity contribution in [1.82, 2.24) is 0 Å². The molecule has 1 amide bonds. The Balaban J connectivity index is 1.81. The number of ether oxygens (including phenoxy) is 4. The van der Waals surface area contributed by atoms with Crippen LogP contribution >= 0.6 is 0 Å². The molecule has 0 aliphatic carbocycles. The summed E-state index contributed by atoms with van der Waals surface area (Å²) in [4.78, 5) is 36.8. The molecule has 1 aromatic heterocycles. The molecule has 166 valence electrons. The number of anilines is 1. The van der Waals surface area contributed by atoms with Crippen molar-refractivity contribution in [3.63, 3.8) is 0 Å². The van der Waals surface area contributed by atoms with Gasteiger partial charge in [0.15, 0.2) is 17.3 Å². The highest BCUT2D eigenvalue weighted by molar-refractivity contribution is 6.07. The molecule has 0 saturated carbocycles. The molecule has 9 nitrogen and oxygen atoms in total. The third-order valence-corrected chi connectivity index (χ3v) is 4.48. The maximum absolute atomic E-state index is 12.8. The van der Waals surface area contributed by atoms with Gasteiger partial charge in [-0.1, -0.05) is 12.1 Å². The predicted molar refractivity (Wildman–Crippen MR) is 113 cm³/mol. The highest BCUT2D eigenvalue weighted by Gasteiger charge is 2.21. The van der Waals surface area contributed by atoms with Crippen molar-refractivity contribution in [3.8, 4) is 11.5 Å². The second kappa shape index (κ2) is 10.2. The number of carbonyl (C=O) groups excluding carboxylic acids is 3. The molecule has 2 aromatic carbocycles. The second-order valence-electron chi connectivity index (χ2n) is 6.45. The Morgan fingerprint density at radius 1 is 0.906 bits per heavy atom. The molecule has 0 spiro atoms. The van der Waals surface area contributed by atoms with E-state index in [9.17, 15) is 14.4 Å². The van der Waals surface area contributed by atoms with Crippen LogP contribution in [0, 0.1) is 0 Å². The molecule has 1 heterocycles. The molecule has 32 heavy (non-hydrogen) atoms. The van der Waals surface area contributed by atoms with E-state index in [1.807, 2.05) is 0 Å². The van der Waals surface area contributed by atoms with E-state index in [2.05, 4.69) is 10.1 Å². The van der Waals surface area contributed by atoms with Gasteiger partial charge in [0.05, 0.1) is 44.4 Å². The minimum Gasteiger partial charge on any atom is -0.493 e. The van der Waals surface area contributed by atoms with E-state index in [1.54, 1.807) is 30.3 Å². The van der Waals surface area contributed by atoms with Crippen molar-refractivity contribution in [2.45, 2.75) is 6.61 Å². The normalized spacial score (nSPS) is 10.2. The zero-order chi connectivity index (χ0) is 23.1. The summed E-state index contributed by atoms with van der Waals surface area (Å²) >= 11 is 0. The van der Waals surface area contributed by atoms with Crippen molar-refractivity contribution < 1.29 is 37.7 Å². The Hall–Kier alpha value is -4.27. The van der Waals surface area contributed by atoms with Gasteiger partial charge in [0.25, 0.3) is 5.91 Å². The Morgan fingerprint density at radius 2 is 1.59 bits per heavy atom. The molecule has 0 unspecified atom stereocenters. The maximum atomic E-state index is 12.8. The largest absolute Gasteiger partial charge is 0.493 e. The van der Waals surface area contributed by atoms with Gasteiger partial charge >= 0.3 is 11.9 Å². The van der Waals surface area contributed by atoms with Crippen LogP contribution in [-0.4, -0.2) is 39.2 Å². The molecule has 0 aliphatic rings. The summed E-state index contributed by atoms with van der Waals surface area (Å²) in [6.45, 7) is -0.0554. The Bertz CT molecular complexity index is 1100. The Morgan fingerprint density at radius 3 is 2.19 bits per heavy atom. The first-order chi connectivity index (χ1) is 15.5. The molecule has 0 aliphatic heterocycles. The molecular formula is C23H21NO8. The standard InChI is InChI=1S/C23H21NO8/c1-28-19-11-16(17(12-20(19)29-2)24-21(25)18-5-4-10-31-18)23(27)32-13-14-6-8-15(9-7-14)22(26)30-3/h4-12H,13H2,1-3H3,(H,24,25). The van der Waals surface area contributed by atoms with Crippen LogP contribution in [0.4, 0.5) is 5.69 Å². The molecule has 0 radical (unpaired) electrons. The van der Waals surface area contributed by atoms with Crippen molar-refractivity contribution in [3.05, 3.63) is 77.2 Å². The van der Waals surface area contributed by atoms with Gasteiger partial charge < -0.3 is 28.7 Å². The second-order valence-corrected chi connectivity index (χ2v) is 6.45. The smallest absolute Gasteiger partial charge is 0.340 e. The summed E-state index contributed by atoms with van der Waals surface area (Å²) in [7, 11) is 4.16. The molecule has 9 heteroatoms. The van der Waals surface area contributed by atoms with E-state index in [1.165, 1.54) is 45.8 Å². The molecule has 0 atom stereocenters. The van der Waals surface area contributed by atoms with Crippen LogP contribution in [0.2, 0.25) is 0 Å². The molecule has 1 N–H and O–H groups in total. The van der Waals surface area contributed by atoms with Crippen molar-refractivity contribution >= 4 is 23.5 Å². The van der Waals surface area contributed by atoms with Gasteiger partial charge in [-0.25, -0.2) is 9.59 Å². The van der Waals surface area contributed by atoms with E-state index in [0.29, 0.717) is 16.9 Å². The molecule has 0 saturated heterocycles. The van der Waals surface area contributed by atoms with Crippen LogP contribution in [0.5, 0.6) is 11.5 Å². The number of amides is 1. The lowest BCUT2D eigenvalue weighted by Crippen LogP contribution is -2.16. The summed E-state index contributed by atoms with van der Waals surface area (Å²) in [5, 5.41) is 2.62. The summed E-state index contributed by atoms with van der Waals surface area (Å²) in [6, 6.07) is 12.4. The zero-order valence-corrected chi connectivity index (χ0v) is 17.7. The number of rotatable bonds is 8. The quantitative estimate of drug-likeness (QED) is 0.529. The lowest BCUT2D eigenvalue weighted by molar-refractivity contribution is 0.0472. The van der Waals surface area contributed by atoms with Crippen LogP contribution < -0.4 is 14.8 Å². The first kappa shape index (κ1) is 22.4.